The number of para-hydroxylation sites is 1. The Balaban J connectivity index is 2.12. The molecule has 3 aliphatic rings. The molecule has 1 atom stereocenters. The van der Waals surface area contributed by atoms with Crippen molar-refractivity contribution in [3.8, 4) is 18.4 Å². The summed E-state index contributed by atoms with van der Waals surface area (Å²) < 4.78 is 5.59. The number of hydrogen-bond acceptors (Lipinski definition) is 5. The zero-order valence-electron chi connectivity index (χ0n) is 13.9. The maximum atomic E-state index is 13.6. The first-order valence-corrected chi connectivity index (χ1v) is 8.27. The van der Waals surface area contributed by atoms with Gasteiger partial charge in [-0.1, -0.05) is 24.1 Å². The number of carbonyl (C=O) groups is 2. The van der Waals surface area contributed by atoms with Crippen LogP contribution in [0.4, 0.5) is 5.69 Å². The number of hydrogen-bond donors (Lipinski definition) is 1. The van der Waals surface area contributed by atoms with E-state index in [4.69, 9.17) is 16.9 Å². The minimum atomic E-state index is -1.57. The molecule has 0 saturated carbocycles. The highest BCUT2D eigenvalue weighted by Crippen LogP contribution is 2.55. The standard InChI is InChI=1S/C20H15N3O3/c1-2-10-23-14-7-4-3-6-12(14)20(19(23)25)13(11-21)18(22)26-16-9-5-8-15(24)17(16)20/h1,3-4,6-7H,5,8-10,22H2/t20-/m1/s1. The van der Waals surface area contributed by atoms with Gasteiger partial charge in [-0.3, -0.25) is 14.5 Å². The number of nitrogens with zero attached hydrogens (tertiary/aromatic N) is 2. The lowest BCUT2D eigenvalue weighted by Crippen LogP contribution is -2.49. The number of nitrogens with two attached hydrogens (primary N) is 1. The van der Waals surface area contributed by atoms with E-state index in [1.54, 1.807) is 24.3 Å². The van der Waals surface area contributed by atoms with Gasteiger partial charge in [0.25, 0.3) is 0 Å². The van der Waals surface area contributed by atoms with Crippen LogP contribution in [0.3, 0.4) is 0 Å². The maximum Gasteiger partial charge on any atom is 0.248 e. The number of benzene rings is 1. The SMILES string of the molecule is C#CCN1C(=O)[C@@]2(C(C#N)=C(N)OC3=C2C(=O)CCC3)c2ccccc21. The molecule has 1 aromatic carbocycles. The Bertz CT molecular complexity index is 1010. The molecule has 1 aliphatic carbocycles. The van der Waals surface area contributed by atoms with E-state index in [-0.39, 0.29) is 29.4 Å². The second-order valence-electron chi connectivity index (χ2n) is 6.39. The number of carbonyl (C=O) groups excluding carboxylic acids is 2. The molecule has 0 bridgehead atoms. The fourth-order valence-corrected chi connectivity index (χ4v) is 4.15. The first-order chi connectivity index (χ1) is 12.6. The van der Waals surface area contributed by atoms with Crippen LogP contribution in [-0.4, -0.2) is 18.2 Å². The summed E-state index contributed by atoms with van der Waals surface area (Å²) in [5.74, 6) is 2.09. The number of anilines is 1. The minimum absolute atomic E-state index is 0.0356. The van der Waals surface area contributed by atoms with Gasteiger partial charge in [0.1, 0.15) is 22.8 Å². The van der Waals surface area contributed by atoms with Gasteiger partial charge in [0, 0.05) is 24.1 Å². The predicted octanol–water partition coefficient (Wildman–Crippen LogP) is 1.64. The number of allylic oxidation sites excluding steroid dienone is 1. The molecule has 0 aromatic heterocycles. The summed E-state index contributed by atoms with van der Waals surface area (Å²) in [6.07, 6.45) is 6.86. The van der Waals surface area contributed by atoms with Crippen molar-refractivity contribution in [1.29, 1.82) is 5.26 Å². The Morgan fingerprint density at radius 2 is 2.08 bits per heavy atom. The number of ketones is 1. The molecule has 1 spiro atoms. The molecule has 2 heterocycles. The number of ether oxygens (including phenoxy) is 1. The Labute approximate surface area is 150 Å². The first-order valence-electron chi connectivity index (χ1n) is 8.27. The van der Waals surface area contributed by atoms with E-state index in [1.165, 1.54) is 4.90 Å². The highest BCUT2D eigenvalue weighted by Gasteiger charge is 2.61. The third-order valence-corrected chi connectivity index (χ3v) is 5.12. The Morgan fingerprint density at radius 1 is 1.31 bits per heavy atom. The average molecular weight is 345 g/mol. The van der Waals surface area contributed by atoms with E-state index >= 15 is 0 Å². The fourth-order valence-electron chi connectivity index (χ4n) is 4.15. The number of fused-ring (bicyclic) bond motifs is 3. The molecular formula is C20H15N3O3. The number of rotatable bonds is 1. The summed E-state index contributed by atoms with van der Waals surface area (Å²) in [6.45, 7) is 0.0356. The van der Waals surface area contributed by atoms with Crippen molar-refractivity contribution < 1.29 is 14.3 Å². The van der Waals surface area contributed by atoms with Crippen LogP contribution in [0.15, 0.2) is 47.1 Å². The van der Waals surface area contributed by atoms with Crippen molar-refractivity contribution in [3.63, 3.8) is 0 Å². The molecule has 1 aromatic rings. The predicted molar refractivity (Wildman–Crippen MR) is 93.1 cm³/mol. The topological polar surface area (TPSA) is 96.4 Å². The van der Waals surface area contributed by atoms with Gasteiger partial charge in [0.15, 0.2) is 5.78 Å². The zero-order valence-corrected chi connectivity index (χ0v) is 13.9. The zero-order chi connectivity index (χ0) is 18.5. The lowest BCUT2D eigenvalue weighted by Gasteiger charge is -2.37. The molecule has 2 N–H and O–H groups in total. The lowest BCUT2D eigenvalue weighted by molar-refractivity contribution is -0.124. The van der Waals surface area contributed by atoms with Crippen LogP contribution in [0.2, 0.25) is 0 Å². The Hall–Kier alpha value is -3.51. The van der Waals surface area contributed by atoms with Gasteiger partial charge in [-0.15, -0.1) is 6.42 Å². The van der Waals surface area contributed by atoms with Crippen molar-refractivity contribution in [1.82, 2.24) is 0 Å². The summed E-state index contributed by atoms with van der Waals surface area (Å²) in [5.41, 5.74) is 5.75. The monoisotopic (exact) mass is 345 g/mol. The summed E-state index contributed by atoms with van der Waals surface area (Å²) in [7, 11) is 0. The quantitative estimate of drug-likeness (QED) is 0.781. The average Bonchev–Trinajstić information content (AvgIpc) is 2.86. The van der Waals surface area contributed by atoms with Crippen molar-refractivity contribution in [2.75, 3.05) is 11.4 Å². The number of nitriles is 1. The fraction of sp³-hybridized carbons (Fsp3) is 0.250. The van der Waals surface area contributed by atoms with E-state index in [2.05, 4.69) is 5.92 Å². The Kier molecular flexibility index (Phi) is 3.38. The van der Waals surface area contributed by atoms with Gasteiger partial charge < -0.3 is 10.5 Å². The second kappa shape index (κ2) is 5.50. The molecule has 0 saturated heterocycles. The number of terminal acetylenes is 1. The van der Waals surface area contributed by atoms with Crippen LogP contribution in [0, 0.1) is 23.7 Å². The molecule has 128 valence electrons. The summed E-state index contributed by atoms with van der Waals surface area (Å²) in [5, 5.41) is 9.81. The normalized spacial score (nSPS) is 24.2. The second-order valence-corrected chi connectivity index (χ2v) is 6.39. The van der Waals surface area contributed by atoms with Crippen LogP contribution < -0.4 is 10.6 Å². The van der Waals surface area contributed by atoms with E-state index in [1.807, 2.05) is 6.07 Å². The van der Waals surface area contributed by atoms with Crippen molar-refractivity contribution in [3.05, 3.63) is 52.6 Å². The van der Waals surface area contributed by atoms with Crippen LogP contribution >= 0.6 is 0 Å². The molecule has 6 nitrogen and oxygen atoms in total. The Morgan fingerprint density at radius 3 is 2.81 bits per heavy atom. The van der Waals surface area contributed by atoms with Gasteiger partial charge in [0.05, 0.1) is 12.1 Å². The molecule has 0 radical (unpaired) electrons. The van der Waals surface area contributed by atoms with Crippen LogP contribution in [0.25, 0.3) is 0 Å². The molecule has 26 heavy (non-hydrogen) atoms. The van der Waals surface area contributed by atoms with Gasteiger partial charge in [-0.05, 0) is 12.5 Å². The molecule has 4 rings (SSSR count). The molecule has 6 heteroatoms. The summed E-state index contributed by atoms with van der Waals surface area (Å²) >= 11 is 0. The smallest absolute Gasteiger partial charge is 0.248 e. The van der Waals surface area contributed by atoms with Crippen molar-refractivity contribution >= 4 is 17.4 Å². The largest absolute Gasteiger partial charge is 0.444 e. The van der Waals surface area contributed by atoms with Gasteiger partial charge in [0.2, 0.25) is 11.8 Å². The highest BCUT2D eigenvalue weighted by atomic mass is 16.5. The van der Waals surface area contributed by atoms with Crippen LogP contribution in [0.1, 0.15) is 24.8 Å². The number of Topliss-reactive ketones (excluding diaryl/α,β-unsaturated/α-hetero) is 1. The van der Waals surface area contributed by atoms with E-state index in [0.29, 0.717) is 36.3 Å². The molecule has 0 fully saturated rings. The third-order valence-electron chi connectivity index (χ3n) is 5.12. The molecule has 1 amide bonds. The van der Waals surface area contributed by atoms with E-state index in [9.17, 15) is 14.9 Å². The first kappa shape index (κ1) is 16.0. The third kappa shape index (κ3) is 1.76. The van der Waals surface area contributed by atoms with Crippen LogP contribution in [0.5, 0.6) is 0 Å². The van der Waals surface area contributed by atoms with Crippen molar-refractivity contribution in [2.45, 2.75) is 24.7 Å². The minimum Gasteiger partial charge on any atom is -0.444 e. The van der Waals surface area contributed by atoms with Crippen molar-refractivity contribution in [2.24, 2.45) is 5.73 Å². The summed E-state index contributed by atoms with van der Waals surface area (Å²) in [6, 6.07) is 9.07. The van der Waals surface area contributed by atoms with Gasteiger partial charge >= 0.3 is 0 Å². The lowest BCUT2D eigenvalue weighted by atomic mass is 9.65. The van der Waals surface area contributed by atoms with Gasteiger partial charge in [-0.25, -0.2) is 0 Å². The van der Waals surface area contributed by atoms with Crippen LogP contribution in [-0.2, 0) is 19.7 Å². The molecule has 2 aliphatic heterocycles. The highest BCUT2D eigenvalue weighted by molar-refractivity contribution is 6.20. The molecular weight excluding hydrogens is 330 g/mol. The molecule has 0 unspecified atom stereocenters. The van der Waals surface area contributed by atoms with E-state index in [0.717, 1.165) is 0 Å². The van der Waals surface area contributed by atoms with Gasteiger partial charge in [-0.2, -0.15) is 5.26 Å². The van der Waals surface area contributed by atoms with E-state index < -0.39 is 11.3 Å². The number of amides is 1. The maximum absolute atomic E-state index is 13.6. The summed E-state index contributed by atoms with van der Waals surface area (Å²) in [4.78, 5) is 27.9.